The molecule has 0 radical (unpaired) electrons. The topological polar surface area (TPSA) is 73.2 Å². The number of carbonyl (C=O) groups is 1. The number of rotatable bonds is 6. The summed E-state index contributed by atoms with van der Waals surface area (Å²) in [6.45, 7) is 4.51. The van der Waals surface area contributed by atoms with Gasteiger partial charge in [-0.05, 0) is 31.5 Å². The van der Waals surface area contributed by atoms with Gasteiger partial charge in [-0.15, -0.1) is 0 Å². The standard InChI is InChI=1S/C21H21N3O3/c1-3-27-19-13-18(25)20(23-24(19)17-10-5-4-6-11-17)21(26)22-14-16-9-7-8-15(2)12-16/h4-13H,3,14H2,1-2H3,(H,22,26). The van der Waals surface area contributed by atoms with E-state index >= 15 is 0 Å². The van der Waals surface area contributed by atoms with Crippen LogP contribution in [0.25, 0.3) is 5.69 Å². The van der Waals surface area contributed by atoms with Gasteiger partial charge in [-0.25, -0.2) is 4.68 Å². The fourth-order valence-corrected chi connectivity index (χ4v) is 2.69. The second kappa shape index (κ2) is 8.31. The van der Waals surface area contributed by atoms with Crippen LogP contribution in [0.1, 0.15) is 28.5 Å². The first-order valence-electron chi connectivity index (χ1n) is 8.75. The minimum atomic E-state index is -0.519. The van der Waals surface area contributed by atoms with Gasteiger partial charge >= 0.3 is 0 Å². The Morgan fingerprint density at radius 1 is 1.11 bits per heavy atom. The van der Waals surface area contributed by atoms with E-state index in [0.29, 0.717) is 24.7 Å². The summed E-state index contributed by atoms with van der Waals surface area (Å²) >= 11 is 0. The highest BCUT2D eigenvalue weighted by atomic mass is 16.5. The van der Waals surface area contributed by atoms with E-state index in [4.69, 9.17) is 4.74 Å². The van der Waals surface area contributed by atoms with Crippen molar-refractivity contribution in [2.45, 2.75) is 20.4 Å². The van der Waals surface area contributed by atoms with Crippen LogP contribution in [0.15, 0.2) is 65.5 Å². The van der Waals surface area contributed by atoms with Crippen molar-refractivity contribution in [2.24, 2.45) is 0 Å². The normalized spacial score (nSPS) is 10.4. The fourth-order valence-electron chi connectivity index (χ4n) is 2.69. The Hall–Kier alpha value is -3.41. The summed E-state index contributed by atoms with van der Waals surface area (Å²) < 4.78 is 6.98. The van der Waals surface area contributed by atoms with Crippen molar-refractivity contribution in [1.29, 1.82) is 0 Å². The number of ether oxygens (including phenoxy) is 1. The van der Waals surface area contributed by atoms with Gasteiger partial charge in [0, 0.05) is 6.54 Å². The van der Waals surface area contributed by atoms with Crippen molar-refractivity contribution in [3.63, 3.8) is 0 Å². The van der Waals surface area contributed by atoms with Crippen molar-refractivity contribution >= 4 is 5.91 Å². The van der Waals surface area contributed by atoms with Gasteiger partial charge in [0.25, 0.3) is 5.91 Å². The highest BCUT2D eigenvalue weighted by Gasteiger charge is 2.17. The van der Waals surface area contributed by atoms with Crippen LogP contribution in [0.2, 0.25) is 0 Å². The van der Waals surface area contributed by atoms with Crippen LogP contribution in [0.4, 0.5) is 0 Å². The summed E-state index contributed by atoms with van der Waals surface area (Å²) in [5.74, 6) is -0.224. The molecule has 0 aliphatic heterocycles. The lowest BCUT2D eigenvalue weighted by Crippen LogP contribution is -2.31. The number of aryl methyl sites for hydroxylation is 1. The Balaban J connectivity index is 1.90. The first-order valence-corrected chi connectivity index (χ1v) is 8.75. The number of benzene rings is 2. The monoisotopic (exact) mass is 363 g/mol. The van der Waals surface area contributed by atoms with Gasteiger partial charge in [0.15, 0.2) is 5.69 Å². The van der Waals surface area contributed by atoms with Crippen LogP contribution in [0.5, 0.6) is 5.88 Å². The molecule has 3 aromatic rings. The smallest absolute Gasteiger partial charge is 0.276 e. The third-order valence-electron chi connectivity index (χ3n) is 3.94. The molecule has 0 aliphatic carbocycles. The molecule has 0 saturated carbocycles. The Morgan fingerprint density at radius 3 is 2.59 bits per heavy atom. The molecule has 1 heterocycles. The van der Waals surface area contributed by atoms with E-state index in [1.165, 1.54) is 10.7 Å². The number of para-hydroxylation sites is 1. The maximum absolute atomic E-state index is 12.5. The molecule has 1 N–H and O–H groups in total. The van der Waals surface area contributed by atoms with Gasteiger partial charge in [0.2, 0.25) is 11.3 Å². The second-order valence-electron chi connectivity index (χ2n) is 6.05. The molecule has 0 spiro atoms. The third kappa shape index (κ3) is 4.41. The largest absolute Gasteiger partial charge is 0.478 e. The van der Waals surface area contributed by atoms with Crippen molar-refractivity contribution < 1.29 is 9.53 Å². The molecule has 2 aromatic carbocycles. The Morgan fingerprint density at radius 2 is 1.89 bits per heavy atom. The minimum absolute atomic E-state index is 0.171. The van der Waals surface area contributed by atoms with E-state index in [0.717, 1.165) is 11.1 Å². The summed E-state index contributed by atoms with van der Waals surface area (Å²) in [5.41, 5.74) is 2.11. The predicted molar refractivity (Wildman–Crippen MR) is 103 cm³/mol. The van der Waals surface area contributed by atoms with Crippen LogP contribution >= 0.6 is 0 Å². The number of nitrogens with one attached hydrogen (secondary N) is 1. The quantitative estimate of drug-likeness (QED) is 0.731. The van der Waals surface area contributed by atoms with E-state index in [1.54, 1.807) is 0 Å². The summed E-state index contributed by atoms with van der Waals surface area (Å²) in [6, 6.07) is 18.3. The molecule has 6 nitrogen and oxygen atoms in total. The number of hydrogen-bond acceptors (Lipinski definition) is 4. The predicted octanol–water partition coefficient (Wildman–Crippen LogP) is 2.87. The SMILES string of the molecule is CCOc1cc(=O)c(C(=O)NCc2cccc(C)c2)nn1-c1ccccc1. The highest BCUT2D eigenvalue weighted by molar-refractivity contribution is 5.92. The molecule has 1 amide bonds. The van der Waals surface area contributed by atoms with Crippen LogP contribution < -0.4 is 15.5 Å². The molecule has 27 heavy (non-hydrogen) atoms. The average Bonchev–Trinajstić information content (AvgIpc) is 2.67. The van der Waals surface area contributed by atoms with E-state index in [2.05, 4.69) is 10.4 Å². The van der Waals surface area contributed by atoms with Gasteiger partial charge in [0.1, 0.15) is 0 Å². The lowest BCUT2D eigenvalue weighted by atomic mass is 10.1. The molecule has 6 heteroatoms. The lowest BCUT2D eigenvalue weighted by molar-refractivity contribution is 0.0942. The molecule has 0 unspecified atom stereocenters. The zero-order chi connectivity index (χ0) is 19.2. The summed E-state index contributed by atoms with van der Waals surface area (Å²) in [6.07, 6.45) is 0. The van der Waals surface area contributed by atoms with E-state index in [9.17, 15) is 9.59 Å². The molecule has 0 aliphatic rings. The number of carbonyl (C=O) groups excluding carboxylic acids is 1. The van der Waals surface area contributed by atoms with E-state index in [1.807, 2.05) is 68.4 Å². The highest BCUT2D eigenvalue weighted by Crippen LogP contribution is 2.15. The molecule has 0 fully saturated rings. The zero-order valence-electron chi connectivity index (χ0n) is 15.3. The molecule has 3 rings (SSSR count). The summed E-state index contributed by atoms with van der Waals surface area (Å²) in [7, 11) is 0. The number of nitrogens with zero attached hydrogens (tertiary/aromatic N) is 2. The average molecular weight is 363 g/mol. The molecular weight excluding hydrogens is 342 g/mol. The molecule has 138 valence electrons. The van der Waals surface area contributed by atoms with Crippen LogP contribution in [-0.4, -0.2) is 22.3 Å². The second-order valence-corrected chi connectivity index (χ2v) is 6.05. The molecule has 0 atom stereocenters. The molecule has 0 bridgehead atoms. The first-order chi connectivity index (χ1) is 13.1. The fraction of sp³-hybridized carbons (Fsp3) is 0.190. The molecule has 0 saturated heterocycles. The Labute approximate surface area is 157 Å². The van der Waals surface area contributed by atoms with Crippen molar-refractivity contribution in [2.75, 3.05) is 6.61 Å². The van der Waals surface area contributed by atoms with Gasteiger partial charge in [-0.2, -0.15) is 5.10 Å². The van der Waals surface area contributed by atoms with Crippen LogP contribution in [0, 0.1) is 6.92 Å². The third-order valence-corrected chi connectivity index (χ3v) is 3.94. The lowest BCUT2D eigenvalue weighted by Gasteiger charge is -2.13. The van der Waals surface area contributed by atoms with Gasteiger partial charge in [-0.1, -0.05) is 48.0 Å². The van der Waals surface area contributed by atoms with E-state index < -0.39 is 11.3 Å². The van der Waals surface area contributed by atoms with Crippen molar-refractivity contribution in [3.05, 3.63) is 87.7 Å². The van der Waals surface area contributed by atoms with Gasteiger partial charge < -0.3 is 10.1 Å². The Bertz CT molecular complexity index is 997. The zero-order valence-corrected chi connectivity index (χ0v) is 15.3. The van der Waals surface area contributed by atoms with Gasteiger partial charge in [0.05, 0.1) is 18.4 Å². The number of hydrogen-bond donors (Lipinski definition) is 1. The summed E-state index contributed by atoms with van der Waals surface area (Å²) in [4.78, 5) is 24.9. The molecular formula is C21H21N3O3. The number of amides is 1. The summed E-state index contributed by atoms with van der Waals surface area (Å²) in [5, 5.41) is 7.02. The van der Waals surface area contributed by atoms with Crippen LogP contribution in [-0.2, 0) is 6.54 Å². The van der Waals surface area contributed by atoms with E-state index in [-0.39, 0.29) is 5.69 Å². The van der Waals surface area contributed by atoms with Crippen molar-refractivity contribution in [1.82, 2.24) is 15.1 Å². The minimum Gasteiger partial charge on any atom is -0.478 e. The maximum Gasteiger partial charge on any atom is 0.276 e. The van der Waals surface area contributed by atoms with Gasteiger partial charge in [-0.3, -0.25) is 9.59 Å². The van der Waals surface area contributed by atoms with Crippen molar-refractivity contribution in [3.8, 4) is 11.6 Å². The number of aromatic nitrogens is 2. The van der Waals surface area contributed by atoms with Crippen LogP contribution in [0.3, 0.4) is 0 Å². The Kier molecular flexibility index (Phi) is 5.66. The molecule has 1 aromatic heterocycles. The first kappa shape index (κ1) is 18.4. The maximum atomic E-state index is 12.5.